The fourth-order valence-electron chi connectivity index (χ4n) is 4.84. The molecule has 1 saturated carbocycles. The van der Waals surface area contributed by atoms with Crippen molar-refractivity contribution < 1.29 is 18.3 Å². The molecule has 0 spiro atoms. The zero-order chi connectivity index (χ0) is 19.4. The predicted octanol–water partition coefficient (Wildman–Crippen LogP) is 2.33. The second-order valence-electron chi connectivity index (χ2n) is 8.44. The first kappa shape index (κ1) is 18.1. The standard InChI is InChI=1S/C21H25F2N3O2/c22-14-3-4-17(23)16(7-14)20-18(24)8-15(11-28-20)26-6-5-13-9-25(10-19(13)26)21(27)12-1-2-12/h3-4,7,12,15,18,20H,1-2,5-6,8-11,24H2. The van der Waals surface area contributed by atoms with E-state index in [1.165, 1.54) is 17.3 Å². The van der Waals surface area contributed by atoms with E-state index in [9.17, 15) is 13.6 Å². The molecule has 3 unspecified atom stereocenters. The summed E-state index contributed by atoms with van der Waals surface area (Å²) in [6.07, 6.45) is 3.02. The summed E-state index contributed by atoms with van der Waals surface area (Å²) in [6.45, 7) is 2.76. The van der Waals surface area contributed by atoms with Crippen molar-refractivity contribution in [3.05, 3.63) is 46.7 Å². The Bertz CT molecular complexity index is 839. The molecule has 4 aliphatic rings. The van der Waals surface area contributed by atoms with Gasteiger partial charge in [0.05, 0.1) is 19.2 Å². The van der Waals surface area contributed by atoms with Crippen molar-refractivity contribution >= 4 is 5.91 Å². The van der Waals surface area contributed by atoms with E-state index in [2.05, 4.69) is 4.90 Å². The van der Waals surface area contributed by atoms with Gasteiger partial charge >= 0.3 is 0 Å². The van der Waals surface area contributed by atoms with Gasteiger partial charge in [-0.3, -0.25) is 4.79 Å². The van der Waals surface area contributed by atoms with Crippen molar-refractivity contribution in [3.8, 4) is 0 Å². The number of amides is 1. The van der Waals surface area contributed by atoms with Gasteiger partial charge in [0.1, 0.15) is 17.7 Å². The van der Waals surface area contributed by atoms with Crippen LogP contribution in [0.2, 0.25) is 0 Å². The first-order valence-electron chi connectivity index (χ1n) is 10.1. The first-order valence-corrected chi connectivity index (χ1v) is 10.1. The molecule has 1 aromatic rings. The Kier molecular flexibility index (Phi) is 4.39. The van der Waals surface area contributed by atoms with Gasteiger partial charge in [-0.15, -0.1) is 0 Å². The summed E-state index contributed by atoms with van der Waals surface area (Å²) >= 11 is 0. The van der Waals surface area contributed by atoms with Gasteiger partial charge in [0.25, 0.3) is 0 Å². The van der Waals surface area contributed by atoms with Crippen LogP contribution in [0.4, 0.5) is 8.78 Å². The number of rotatable bonds is 3. The number of carbonyl (C=O) groups excluding carboxylic acids is 1. The van der Waals surface area contributed by atoms with Gasteiger partial charge < -0.3 is 20.3 Å². The van der Waals surface area contributed by atoms with Crippen LogP contribution >= 0.6 is 0 Å². The second kappa shape index (κ2) is 6.81. The third-order valence-electron chi connectivity index (χ3n) is 6.48. The van der Waals surface area contributed by atoms with E-state index in [4.69, 9.17) is 10.5 Å². The average molecular weight is 389 g/mol. The zero-order valence-electron chi connectivity index (χ0n) is 15.7. The van der Waals surface area contributed by atoms with Gasteiger partial charge in [0.2, 0.25) is 5.91 Å². The third kappa shape index (κ3) is 3.10. The van der Waals surface area contributed by atoms with Crippen LogP contribution in [0.5, 0.6) is 0 Å². The zero-order valence-corrected chi connectivity index (χ0v) is 15.7. The minimum absolute atomic E-state index is 0.103. The number of hydrogen-bond acceptors (Lipinski definition) is 4. The lowest BCUT2D eigenvalue weighted by Crippen LogP contribution is -2.49. The highest BCUT2D eigenvalue weighted by Crippen LogP contribution is 2.39. The minimum Gasteiger partial charge on any atom is -0.370 e. The number of benzene rings is 1. The summed E-state index contributed by atoms with van der Waals surface area (Å²) in [5.41, 5.74) is 9.11. The molecule has 3 aliphatic heterocycles. The molecule has 5 nitrogen and oxygen atoms in total. The van der Waals surface area contributed by atoms with Crippen molar-refractivity contribution in [3.63, 3.8) is 0 Å². The molecule has 0 radical (unpaired) electrons. The number of halogens is 2. The van der Waals surface area contributed by atoms with Gasteiger partial charge in [0, 0.05) is 36.3 Å². The third-order valence-corrected chi connectivity index (χ3v) is 6.48. The van der Waals surface area contributed by atoms with Crippen molar-refractivity contribution in [2.75, 3.05) is 26.2 Å². The monoisotopic (exact) mass is 389 g/mol. The highest BCUT2D eigenvalue weighted by atomic mass is 19.1. The molecule has 5 rings (SSSR count). The van der Waals surface area contributed by atoms with E-state index < -0.39 is 23.8 Å². The Hall–Kier alpha value is -1.99. The molecular weight excluding hydrogens is 364 g/mol. The van der Waals surface area contributed by atoms with Crippen molar-refractivity contribution in [1.82, 2.24) is 9.80 Å². The lowest BCUT2D eigenvalue weighted by atomic mass is 9.93. The van der Waals surface area contributed by atoms with Crippen LogP contribution in [0.15, 0.2) is 29.5 Å². The van der Waals surface area contributed by atoms with Crippen molar-refractivity contribution in [2.24, 2.45) is 11.7 Å². The predicted molar refractivity (Wildman–Crippen MR) is 99.1 cm³/mol. The maximum Gasteiger partial charge on any atom is 0.226 e. The number of carbonyl (C=O) groups is 1. The Morgan fingerprint density at radius 3 is 2.79 bits per heavy atom. The molecule has 3 atom stereocenters. The summed E-state index contributed by atoms with van der Waals surface area (Å²) < 4.78 is 33.6. The van der Waals surface area contributed by atoms with Gasteiger partial charge in [-0.1, -0.05) is 0 Å². The summed E-state index contributed by atoms with van der Waals surface area (Å²) in [4.78, 5) is 16.7. The molecule has 7 heteroatoms. The Morgan fingerprint density at radius 1 is 1.21 bits per heavy atom. The normalized spacial score (nSPS) is 30.2. The van der Waals surface area contributed by atoms with Crippen LogP contribution in [0.3, 0.4) is 0 Å². The molecule has 3 heterocycles. The van der Waals surface area contributed by atoms with E-state index in [-0.39, 0.29) is 23.4 Å². The fraction of sp³-hybridized carbons (Fsp3) is 0.571. The molecule has 0 bridgehead atoms. The van der Waals surface area contributed by atoms with Crippen molar-refractivity contribution in [1.29, 1.82) is 0 Å². The van der Waals surface area contributed by atoms with Gasteiger partial charge in [-0.2, -0.15) is 0 Å². The summed E-state index contributed by atoms with van der Waals surface area (Å²) in [5, 5.41) is 0. The average Bonchev–Trinajstić information content (AvgIpc) is 3.32. The SMILES string of the molecule is NC1CC(N2CCC3=C2CN(C(=O)C2CC2)C3)COC1c1cc(F)ccc1F. The second-order valence-corrected chi connectivity index (χ2v) is 8.44. The maximum absolute atomic E-state index is 14.1. The number of hydrogen-bond donors (Lipinski definition) is 1. The lowest BCUT2D eigenvalue weighted by molar-refractivity contribution is -0.131. The highest BCUT2D eigenvalue weighted by Gasteiger charge is 2.42. The molecular formula is C21H25F2N3O2. The van der Waals surface area contributed by atoms with E-state index in [0.717, 1.165) is 44.5 Å². The van der Waals surface area contributed by atoms with E-state index in [1.54, 1.807) is 0 Å². The van der Waals surface area contributed by atoms with Crippen molar-refractivity contribution in [2.45, 2.75) is 43.9 Å². The molecule has 2 N–H and O–H groups in total. The molecule has 1 aromatic carbocycles. The Morgan fingerprint density at radius 2 is 2.04 bits per heavy atom. The molecule has 1 saturated heterocycles. The van der Waals surface area contributed by atoms with Gasteiger partial charge in [-0.05, 0) is 49.5 Å². The van der Waals surface area contributed by atoms with Crippen LogP contribution in [0.1, 0.15) is 37.4 Å². The molecule has 1 aliphatic carbocycles. The Balaban J connectivity index is 1.26. The van der Waals surface area contributed by atoms with E-state index in [1.807, 2.05) is 4.90 Å². The number of ether oxygens (including phenoxy) is 1. The lowest BCUT2D eigenvalue weighted by Gasteiger charge is -2.40. The van der Waals surface area contributed by atoms with Gasteiger partial charge in [-0.25, -0.2) is 8.78 Å². The molecule has 2 fully saturated rings. The van der Waals surface area contributed by atoms with E-state index >= 15 is 0 Å². The number of nitrogens with zero attached hydrogens (tertiary/aromatic N) is 2. The minimum atomic E-state index is -0.639. The van der Waals surface area contributed by atoms with Gasteiger partial charge in [0.15, 0.2) is 0 Å². The first-order chi connectivity index (χ1) is 13.5. The molecule has 28 heavy (non-hydrogen) atoms. The van der Waals surface area contributed by atoms with E-state index in [0.29, 0.717) is 19.6 Å². The summed E-state index contributed by atoms with van der Waals surface area (Å²) in [6, 6.07) is 3.09. The molecule has 1 amide bonds. The smallest absolute Gasteiger partial charge is 0.226 e. The number of nitrogens with two attached hydrogens (primary N) is 1. The highest BCUT2D eigenvalue weighted by molar-refractivity contribution is 5.82. The van der Waals surface area contributed by atoms with Crippen LogP contribution in [0.25, 0.3) is 0 Å². The van der Waals surface area contributed by atoms with Crippen LogP contribution in [-0.4, -0.2) is 54.0 Å². The van der Waals surface area contributed by atoms with Crippen LogP contribution in [-0.2, 0) is 9.53 Å². The molecule has 0 aromatic heterocycles. The largest absolute Gasteiger partial charge is 0.370 e. The quantitative estimate of drug-likeness (QED) is 0.862. The Labute approximate surface area is 163 Å². The van der Waals surface area contributed by atoms with Crippen LogP contribution in [0, 0.1) is 17.6 Å². The topological polar surface area (TPSA) is 58.8 Å². The summed E-state index contributed by atoms with van der Waals surface area (Å²) in [7, 11) is 0. The maximum atomic E-state index is 14.1. The summed E-state index contributed by atoms with van der Waals surface area (Å²) in [5.74, 6) is -0.457. The fourth-order valence-corrected chi connectivity index (χ4v) is 4.84. The van der Waals surface area contributed by atoms with Crippen LogP contribution < -0.4 is 5.73 Å². The molecule has 150 valence electrons.